The van der Waals surface area contributed by atoms with Crippen molar-refractivity contribution in [3.63, 3.8) is 0 Å². The molecule has 0 bridgehead atoms. The smallest absolute Gasteiger partial charge is 0.119 e. The standard InChI is InChI=1S/C28H34N2O/c1-22-3-8-25(9-4-22)26-10-12-27(29-21-26)11-5-24-6-13-28(14-7-24)31-20-19-30-17-15-23(2)16-18-30/h6-8,10,12-14,21-23H,3-4,9,15-20H2,1-2H3. The number of ether oxygens (including phenoxy) is 1. The molecule has 0 radical (unpaired) electrons. The van der Waals surface area contributed by atoms with Gasteiger partial charge in [0.25, 0.3) is 0 Å². The van der Waals surface area contributed by atoms with Crippen molar-refractivity contribution in [1.29, 1.82) is 0 Å². The molecule has 0 N–H and O–H groups in total. The largest absolute Gasteiger partial charge is 0.492 e. The van der Waals surface area contributed by atoms with Gasteiger partial charge in [0.05, 0.1) is 0 Å². The van der Waals surface area contributed by atoms with E-state index in [0.717, 1.165) is 48.4 Å². The van der Waals surface area contributed by atoms with Crippen LogP contribution in [0.5, 0.6) is 5.75 Å². The first kappa shape index (κ1) is 21.7. The van der Waals surface area contributed by atoms with Crippen molar-refractivity contribution in [3.8, 4) is 17.6 Å². The van der Waals surface area contributed by atoms with Gasteiger partial charge in [-0.25, -0.2) is 4.98 Å². The minimum atomic E-state index is 0.741. The highest BCUT2D eigenvalue weighted by Crippen LogP contribution is 2.29. The number of nitrogens with zero attached hydrogens (tertiary/aromatic N) is 2. The quantitative estimate of drug-likeness (QED) is 0.579. The van der Waals surface area contributed by atoms with Gasteiger partial charge in [-0.3, -0.25) is 4.90 Å². The molecule has 162 valence electrons. The van der Waals surface area contributed by atoms with E-state index in [1.54, 1.807) is 0 Å². The van der Waals surface area contributed by atoms with Crippen molar-refractivity contribution in [2.45, 2.75) is 46.0 Å². The Balaban J connectivity index is 1.26. The Kier molecular flexibility index (Phi) is 7.43. The summed E-state index contributed by atoms with van der Waals surface area (Å²) in [6, 6.07) is 12.2. The maximum Gasteiger partial charge on any atom is 0.119 e. The molecule has 1 aliphatic carbocycles. The van der Waals surface area contributed by atoms with Crippen LogP contribution in [0, 0.1) is 23.7 Å². The average Bonchev–Trinajstić information content (AvgIpc) is 2.81. The van der Waals surface area contributed by atoms with E-state index in [1.165, 1.54) is 49.9 Å². The van der Waals surface area contributed by atoms with Crippen molar-refractivity contribution in [3.05, 3.63) is 65.5 Å². The second kappa shape index (κ2) is 10.6. The molecule has 1 saturated heterocycles. The van der Waals surface area contributed by atoms with Gasteiger partial charge in [-0.1, -0.05) is 31.9 Å². The van der Waals surface area contributed by atoms with Gasteiger partial charge >= 0.3 is 0 Å². The van der Waals surface area contributed by atoms with Gasteiger partial charge in [-0.15, -0.1) is 0 Å². The first-order chi connectivity index (χ1) is 15.2. The van der Waals surface area contributed by atoms with E-state index in [0.29, 0.717) is 0 Å². The van der Waals surface area contributed by atoms with E-state index in [9.17, 15) is 0 Å². The summed E-state index contributed by atoms with van der Waals surface area (Å²) in [5.41, 5.74) is 4.45. The zero-order valence-corrected chi connectivity index (χ0v) is 18.9. The minimum Gasteiger partial charge on any atom is -0.492 e. The minimum absolute atomic E-state index is 0.741. The number of benzene rings is 1. The molecule has 1 unspecified atom stereocenters. The fourth-order valence-electron chi connectivity index (χ4n) is 4.23. The lowest BCUT2D eigenvalue weighted by molar-refractivity contribution is 0.160. The highest BCUT2D eigenvalue weighted by molar-refractivity contribution is 5.65. The SMILES string of the molecule is CC1CC=C(c2ccc(C#Cc3ccc(OCCN4CCC(C)CC4)cc3)nc2)CC1. The number of pyridine rings is 1. The van der Waals surface area contributed by atoms with Crippen LogP contribution in [0.15, 0.2) is 48.7 Å². The molecule has 31 heavy (non-hydrogen) atoms. The van der Waals surface area contributed by atoms with E-state index < -0.39 is 0 Å². The third-order valence-electron chi connectivity index (χ3n) is 6.55. The van der Waals surface area contributed by atoms with E-state index in [4.69, 9.17) is 4.74 Å². The van der Waals surface area contributed by atoms with Crippen molar-refractivity contribution in [1.82, 2.24) is 9.88 Å². The van der Waals surface area contributed by atoms with Gasteiger partial charge < -0.3 is 4.74 Å². The lowest BCUT2D eigenvalue weighted by Crippen LogP contribution is -2.35. The molecule has 3 heteroatoms. The van der Waals surface area contributed by atoms with Crippen LogP contribution in [0.1, 0.15) is 62.8 Å². The third kappa shape index (κ3) is 6.45. The number of hydrogen-bond acceptors (Lipinski definition) is 3. The zero-order chi connectivity index (χ0) is 21.5. The zero-order valence-electron chi connectivity index (χ0n) is 18.9. The maximum absolute atomic E-state index is 5.92. The Morgan fingerprint density at radius 1 is 0.968 bits per heavy atom. The topological polar surface area (TPSA) is 25.4 Å². The molecule has 1 aliphatic heterocycles. The first-order valence-corrected chi connectivity index (χ1v) is 11.8. The molecule has 0 amide bonds. The van der Waals surface area contributed by atoms with Crippen LogP contribution in [-0.2, 0) is 0 Å². The summed E-state index contributed by atoms with van der Waals surface area (Å²) < 4.78 is 5.92. The van der Waals surface area contributed by atoms with Gasteiger partial charge in [-0.2, -0.15) is 0 Å². The number of hydrogen-bond donors (Lipinski definition) is 0. The summed E-state index contributed by atoms with van der Waals surface area (Å²) in [5, 5.41) is 0. The molecule has 2 heterocycles. The van der Waals surface area contributed by atoms with E-state index in [-0.39, 0.29) is 0 Å². The highest BCUT2D eigenvalue weighted by Gasteiger charge is 2.15. The van der Waals surface area contributed by atoms with Crippen molar-refractivity contribution in [2.75, 3.05) is 26.2 Å². The Morgan fingerprint density at radius 2 is 1.77 bits per heavy atom. The van der Waals surface area contributed by atoms with Crippen LogP contribution in [0.25, 0.3) is 5.57 Å². The molecule has 4 rings (SSSR count). The predicted octanol–water partition coefficient (Wildman–Crippen LogP) is 5.80. The third-order valence-corrected chi connectivity index (χ3v) is 6.55. The van der Waals surface area contributed by atoms with Crippen LogP contribution in [0.2, 0.25) is 0 Å². The van der Waals surface area contributed by atoms with Gasteiger partial charge in [0.15, 0.2) is 0 Å². The fourth-order valence-corrected chi connectivity index (χ4v) is 4.23. The molecular formula is C28H34N2O. The van der Waals surface area contributed by atoms with E-state index in [2.05, 4.69) is 47.7 Å². The summed E-state index contributed by atoms with van der Waals surface area (Å²) in [6.45, 7) is 8.81. The number of piperidine rings is 1. The van der Waals surface area contributed by atoms with Crippen LogP contribution < -0.4 is 4.74 Å². The van der Waals surface area contributed by atoms with Crippen LogP contribution in [0.4, 0.5) is 0 Å². The maximum atomic E-state index is 5.92. The fraction of sp³-hybridized carbons (Fsp3) is 0.464. The number of rotatable bonds is 5. The Labute approximate surface area is 187 Å². The van der Waals surface area contributed by atoms with Crippen molar-refractivity contribution < 1.29 is 4.74 Å². The van der Waals surface area contributed by atoms with Crippen LogP contribution in [-0.4, -0.2) is 36.1 Å². The first-order valence-electron chi connectivity index (χ1n) is 11.8. The second-order valence-corrected chi connectivity index (χ2v) is 9.19. The van der Waals surface area contributed by atoms with Gasteiger partial charge in [0.1, 0.15) is 18.1 Å². The van der Waals surface area contributed by atoms with E-state index >= 15 is 0 Å². The van der Waals surface area contributed by atoms with Crippen LogP contribution in [0.3, 0.4) is 0 Å². The monoisotopic (exact) mass is 414 g/mol. The molecule has 2 aliphatic rings. The summed E-state index contributed by atoms with van der Waals surface area (Å²) in [7, 11) is 0. The van der Waals surface area contributed by atoms with Crippen molar-refractivity contribution >= 4 is 5.57 Å². The summed E-state index contributed by atoms with van der Waals surface area (Å²) in [6.07, 6.45) is 10.5. The molecular weight excluding hydrogens is 380 g/mol. The lowest BCUT2D eigenvalue weighted by atomic mass is 9.88. The molecule has 1 aromatic carbocycles. The van der Waals surface area contributed by atoms with Gasteiger partial charge in [-0.05, 0) is 104 Å². The number of allylic oxidation sites excluding steroid dienone is 2. The number of aromatic nitrogens is 1. The highest BCUT2D eigenvalue weighted by atomic mass is 16.5. The second-order valence-electron chi connectivity index (χ2n) is 9.19. The molecule has 1 fully saturated rings. The Bertz CT molecular complexity index is 926. The lowest BCUT2D eigenvalue weighted by Gasteiger charge is -2.29. The molecule has 1 aromatic heterocycles. The Morgan fingerprint density at radius 3 is 2.45 bits per heavy atom. The van der Waals surface area contributed by atoms with Crippen LogP contribution >= 0.6 is 0 Å². The number of likely N-dealkylation sites (tertiary alicyclic amines) is 1. The molecule has 2 aromatic rings. The van der Waals surface area contributed by atoms with E-state index in [1.807, 2.05) is 36.5 Å². The van der Waals surface area contributed by atoms with Gasteiger partial charge in [0.2, 0.25) is 0 Å². The average molecular weight is 415 g/mol. The molecule has 1 atom stereocenters. The molecule has 0 spiro atoms. The summed E-state index contributed by atoms with van der Waals surface area (Å²) in [4.78, 5) is 7.05. The predicted molar refractivity (Wildman–Crippen MR) is 128 cm³/mol. The molecule has 0 saturated carbocycles. The summed E-state index contributed by atoms with van der Waals surface area (Å²) >= 11 is 0. The Hall–Kier alpha value is -2.57. The summed E-state index contributed by atoms with van der Waals surface area (Å²) in [5.74, 6) is 8.98. The van der Waals surface area contributed by atoms with Crippen molar-refractivity contribution in [2.24, 2.45) is 11.8 Å². The molecule has 3 nitrogen and oxygen atoms in total. The normalized spacial score (nSPS) is 19.9. The van der Waals surface area contributed by atoms with Gasteiger partial charge in [0, 0.05) is 18.3 Å².